The average molecular weight is 275 g/mol. The molecule has 20 heavy (non-hydrogen) atoms. The minimum atomic E-state index is 0.181. The number of aryl methyl sites for hydroxylation is 1. The van der Waals surface area contributed by atoms with E-state index in [-0.39, 0.29) is 12.6 Å². The van der Waals surface area contributed by atoms with Gasteiger partial charge in [0.05, 0.1) is 12.3 Å². The van der Waals surface area contributed by atoms with Gasteiger partial charge in [0.1, 0.15) is 0 Å². The van der Waals surface area contributed by atoms with Crippen molar-refractivity contribution in [3.63, 3.8) is 0 Å². The van der Waals surface area contributed by atoms with Crippen LogP contribution in [0.5, 0.6) is 0 Å². The van der Waals surface area contributed by atoms with E-state index in [2.05, 4.69) is 31.3 Å². The summed E-state index contributed by atoms with van der Waals surface area (Å²) in [7, 11) is 2.02. The van der Waals surface area contributed by atoms with Crippen LogP contribution in [0.15, 0.2) is 12.4 Å². The van der Waals surface area contributed by atoms with Crippen molar-refractivity contribution >= 4 is 0 Å². The van der Waals surface area contributed by atoms with Crippen LogP contribution in [0.2, 0.25) is 0 Å². The second-order valence-electron chi connectivity index (χ2n) is 5.50. The Bertz CT molecular complexity index is 615. The number of aliphatic hydroxyl groups is 1. The zero-order valence-electron chi connectivity index (χ0n) is 12.2. The third-order valence-corrected chi connectivity index (χ3v) is 4.30. The van der Waals surface area contributed by atoms with E-state index in [1.807, 2.05) is 26.4 Å². The predicted octanol–water partition coefficient (Wildman–Crippen LogP) is 0.796. The first-order valence-electron chi connectivity index (χ1n) is 6.99. The Morgan fingerprint density at radius 3 is 2.80 bits per heavy atom. The predicted molar refractivity (Wildman–Crippen MR) is 76.4 cm³/mol. The highest BCUT2D eigenvalue weighted by Gasteiger charge is 2.27. The van der Waals surface area contributed by atoms with Crippen LogP contribution < -0.4 is 5.32 Å². The monoisotopic (exact) mass is 275 g/mol. The van der Waals surface area contributed by atoms with Crippen LogP contribution in [-0.4, -0.2) is 43.4 Å². The van der Waals surface area contributed by atoms with Gasteiger partial charge >= 0.3 is 0 Å². The van der Waals surface area contributed by atoms with Gasteiger partial charge in [0.25, 0.3) is 0 Å². The van der Waals surface area contributed by atoms with E-state index in [1.54, 1.807) is 0 Å². The van der Waals surface area contributed by atoms with Crippen molar-refractivity contribution in [2.24, 2.45) is 7.05 Å². The van der Waals surface area contributed by atoms with E-state index >= 15 is 0 Å². The summed E-state index contributed by atoms with van der Waals surface area (Å²) in [6.07, 6.45) is 4.74. The maximum atomic E-state index is 9.25. The summed E-state index contributed by atoms with van der Waals surface area (Å²) in [5, 5.41) is 12.6. The maximum absolute atomic E-state index is 9.25. The van der Waals surface area contributed by atoms with E-state index in [0.717, 1.165) is 36.0 Å². The lowest BCUT2D eigenvalue weighted by Crippen LogP contribution is -2.24. The number of hydrogen-bond donors (Lipinski definition) is 2. The number of imidazole rings is 2. The molecule has 6 nitrogen and oxygen atoms in total. The molecule has 0 aliphatic carbocycles. The number of nitrogens with zero attached hydrogens (tertiary/aromatic N) is 4. The smallest absolute Gasteiger partial charge is 0.176 e. The fraction of sp³-hybridized carbons (Fsp3) is 0.571. The number of hydrogen-bond acceptors (Lipinski definition) is 4. The van der Waals surface area contributed by atoms with Crippen molar-refractivity contribution in [1.29, 1.82) is 0 Å². The van der Waals surface area contributed by atoms with Crippen molar-refractivity contribution in [2.75, 3.05) is 13.2 Å². The van der Waals surface area contributed by atoms with Gasteiger partial charge in [0.15, 0.2) is 11.6 Å². The van der Waals surface area contributed by atoms with E-state index in [4.69, 9.17) is 0 Å². The molecule has 0 amide bonds. The molecule has 0 bridgehead atoms. The van der Waals surface area contributed by atoms with Crippen molar-refractivity contribution in [3.8, 4) is 11.6 Å². The van der Waals surface area contributed by atoms with Gasteiger partial charge in [-0.05, 0) is 20.3 Å². The Kier molecular flexibility index (Phi) is 3.35. The molecule has 3 heterocycles. The van der Waals surface area contributed by atoms with Gasteiger partial charge in [0, 0.05) is 43.8 Å². The Hall–Kier alpha value is -1.66. The molecule has 0 radical (unpaired) electrons. The third-order valence-electron chi connectivity index (χ3n) is 4.30. The topological polar surface area (TPSA) is 67.9 Å². The molecule has 1 aliphatic heterocycles. The van der Waals surface area contributed by atoms with Crippen LogP contribution >= 0.6 is 0 Å². The van der Waals surface area contributed by atoms with Gasteiger partial charge in [0.2, 0.25) is 0 Å². The summed E-state index contributed by atoms with van der Waals surface area (Å²) in [5.41, 5.74) is 2.20. The highest BCUT2D eigenvalue weighted by molar-refractivity contribution is 5.47. The maximum Gasteiger partial charge on any atom is 0.176 e. The van der Waals surface area contributed by atoms with Crippen LogP contribution in [0.4, 0.5) is 0 Å². The third kappa shape index (κ3) is 2.05. The lowest BCUT2D eigenvalue weighted by atomic mass is 10.2. The first kappa shape index (κ1) is 13.3. The lowest BCUT2D eigenvalue weighted by Gasteiger charge is -2.14. The molecule has 108 valence electrons. The molecule has 1 fully saturated rings. The Balaban J connectivity index is 1.96. The average Bonchev–Trinajstić information content (AvgIpc) is 3.14. The number of aromatic nitrogens is 4. The van der Waals surface area contributed by atoms with Crippen LogP contribution in [-0.2, 0) is 7.05 Å². The fourth-order valence-corrected chi connectivity index (χ4v) is 2.85. The molecule has 0 unspecified atom stereocenters. The van der Waals surface area contributed by atoms with E-state index in [9.17, 15) is 5.11 Å². The van der Waals surface area contributed by atoms with E-state index in [0.29, 0.717) is 6.04 Å². The summed E-state index contributed by atoms with van der Waals surface area (Å²) in [4.78, 5) is 9.12. The first-order chi connectivity index (χ1) is 9.61. The molecule has 2 atom stereocenters. The normalized spacial score (nSPS) is 22.6. The SMILES string of the molecule is Cc1nc(-c2nccn2[C@H]2CN[C@H](CO)C2)n(C)c1C. The zero-order valence-corrected chi connectivity index (χ0v) is 12.2. The summed E-state index contributed by atoms with van der Waals surface area (Å²) in [5.74, 6) is 1.80. The van der Waals surface area contributed by atoms with Gasteiger partial charge in [-0.25, -0.2) is 9.97 Å². The molecular weight excluding hydrogens is 254 g/mol. The number of aliphatic hydroxyl groups excluding tert-OH is 1. The standard InChI is InChI=1S/C14H21N5O/c1-9-10(2)18(3)14(17-9)13-15-4-5-19(13)12-6-11(8-20)16-7-12/h4-5,11-12,16,20H,6-8H2,1-3H3/t11-,12+/m0/s1. The summed E-state index contributed by atoms with van der Waals surface area (Å²) >= 11 is 0. The molecule has 6 heteroatoms. The number of rotatable bonds is 3. The van der Waals surface area contributed by atoms with Gasteiger partial charge in [-0.15, -0.1) is 0 Å². The fourth-order valence-electron chi connectivity index (χ4n) is 2.85. The first-order valence-corrected chi connectivity index (χ1v) is 6.99. The van der Waals surface area contributed by atoms with E-state index in [1.165, 1.54) is 0 Å². The van der Waals surface area contributed by atoms with Gasteiger partial charge in [-0.1, -0.05) is 0 Å². The Morgan fingerprint density at radius 2 is 2.20 bits per heavy atom. The van der Waals surface area contributed by atoms with Crippen LogP contribution in [0.3, 0.4) is 0 Å². The van der Waals surface area contributed by atoms with Gasteiger partial charge < -0.3 is 19.6 Å². The molecule has 1 aliphatic rings. The highest BCUT2D eigenvalue weighted by Crippen LogP contribution is 2.26. The highest BCUT2D eigenvalue weighted by atomic mass is 16.3. The zero-order chi connectivity index (χ0) is 14.3. The Morgan fingerprint density at radius 1 is 1.40 bits per heavy atom. The largest absolute Gasteiger partial charge is 0.395 e. The molecular formula is C14H21N5O. The summed E-state index contributed by atoms with van der Waals surface area (Å²) in [6.45, 7) is 5.13. The lowest BCUT2D eigenvalue weighted by molar-refractivity contribution is 0.253. The molecule has 1 saturated heterocycles. The second-order valence-corrected chi connectivity index (χ2v) is 5.50. The minimum absolute atomic E-state index is 0.181. The van der Waals surface area contributed by atoms with E-state index < -0.39 is 0 Å². The molecule has 0 aromatic carbocycles. The van der Waals surface area contributed by atoms with Crippen LogP contribution in [0, 0.1) is 13.8 Å². The van der Waals surface area contributed by atoms with Crippen molar-refractivity contribution in [3.05, 3.63) is 23.8 Å². The summed E-state index contributed by atoms with van der Waals surface area (Å²) < 4.78 is 4.25. The second kappa shape index (κ2) is 5.03. The molecule has 3 rings (SSSR count). The van der Waals surface area contributed by atoms with Crippen molar-refractivity contribution < 1.29 is 5.11 Å². The molecule has 2 aromatic rings. The quantitative estimate of drug-likeness (QED) is 0.869. The van der Waals surface area contributed by atoms with Crippen LogP contribution in [0.1, 0.15) is 23.9 Å². The summed E-state index contributed by atoms with van der Waals surface area (Å²) in [6, 6.07) is 0.502. The van der Waals surface area contributed by atoms with Gasteiger partial charge in [-0.3, -0.25) is 0 Å². The van der Waals surface area contributed by atoms with Crippen molar-refractivity contribution in [1.82, 2.24) is 24.4 Å². The van der Waals surface area contributed by atoms with Crippen LogP contribution in [0.25, 0.3) is 11.6 Å². The molecule has 2 aromatic heterocycles. The minimum Gasteiger partial charge on any atom is -0.395 e. The molecule has 0 spiro atoms. The van der Waals surface area contributed by atoms with Gasteiger partial charge in [-0.2, -0.15) is 0 Å². The molecule has 0 saturated carbocycles. The molecule has 2 N–H and O–H groups in total. The van der Waals surface area contributed by atoms with Crippen molar-refractivity contribution in [2.45, 2.75) is 32.4 Å². The Labute approximate surface area is 118 Å². The number of nitrogens with one attached hydrogen (secondary N) is 1.